The minimum atomic E-state index is -0.783. The third kappa shape index (κ3) is 2.83. The van der Waals surface area contributed by atoms with E-state index in [4.69, 9.17) is 6.42 Å². The fourth-order valence-electron chi connectivity index (χ4n) is 1.19. The van der Waals surface area contributed by atoms with Crippen LogP contribution in [0.1, 0.15) is 29.8 Å². The number of hydrogen-bond donors (Lipinski definition) is 1. The molecule has 0 heterocycles. The molecule has 1 N–H and O–H groups in total. The Morgan fingerprint density at radius 1 is 1.50 bits per heavy atom. The van der Waals surface area contributed by atoms with Crippen LogP contribution in [0.25, 0.3) is 0 Å². The Kier molecular flexibility index (Phi) is 3.34. The van der Waals surface area contributed by atoms with Gasteiger partial charge in [-0.25, -0.2) is 4.39 Å². The van der Waals surface area contributed by atoms with E-state index in [1.165, 1.54) is 12.1 Å². The van der Waals surface area contributed by atoms with Gasteiger partial charge in [0.05, 0.1) is 11.1 Å². The van der Waals surface area contributed by atoms with Crippen molar-refractivity contribution in [3.8, 4) is 12.3 Å². The highest BCUT2D eigenvalue weighted by Gasteiger charge is 2.20. The quantitative estimate of drug-likeness (QED) is 0.760. The molecule has 1 amide bonds. The van der Waals surface area contributed by atoms with Crippen LogP contribution in [0.15, 0.2) is 18.2 Å². The van der Waals surface area contributed by atoms with Crippen LogP contribution in [0, 0.1) is 25.1 Å². The smallest absolute Gasteiger partial charge is 0.255 e. The number of benzene rings is 1. The van der Waals surface area contributed by atoms with Gasteiger partial charge in [-0.3, -0.25) is 4.79 Å². The molecule has 0 unspecified atom stereocenters. The SMILES string of the molecule is C#CC(C)(C)NC(=O)c1ccc(C)cc1F. The standard InChI is InChI=1S/C13H14FNO/c1-5-13(3,4)15-12(16)10-7-6-9(2)8-11(10)14/h1,6-8H,2-4H3,(H,15,16). The Labute approximate surface area is 94.9 Å². The minimum absolute atomic E-state index is 0.00826. The first kappa shape index (κ1) is 12.3. The number of rotatable bonds is 2. The molecule has 0 aromatic heterocycles. The van der Waals surface area contributed by atoms with E-state index in [0.29, 0.717) is 0 Å². The van der Waals surface area contributed by atoms with E-state index in [-0.39, 0.29) is 5.56 Å². The molecule has 0 aliphatic heterocycles. The predicted octanol–water partition coefficient (Wildman–Crippen LogP) is 2.28. The Morgan fingerprint density at radius 2 is 2.12 bits per heavy atom. The molecule has 1 aromatic rings. The van der Waals surface area contributed by atoms with Gasteiger partial charge in [0.1, 0.15) is 5.82 Å². The second kappa shape index (κ2) is 4.36. The van der Waals surface area contributed by atoms with Gasteiger partial charge in [-0.15, -0.1) is 6.42 Å². The normalized spacial score (nSPS) is 10.7. The molecule has 16 heavy (non-hydrogen) atoms. The van der Waals surface area contributed by atoms with Gasteiger partial charge in [-0.1, -0.05) is 12.0 Å². The molecule has 0 aliphatic rings. The van der Waals surface area contributed by atoms with E-state index in [1.807, 2.05) is 0 Å². The number of carbonyl (C=O) groups is 1. The molecule has 3 heteroatoms. The third-order valence-corrected chi connectivity index (χ3v) is 2.16. The van der Waals surface area contributed by atoms with Crippen LogP contribution < -0.4 is 5.32 Å². The van der Waals surface area contributed by atoms with Gasteiger partial charge in [0.25, 0.3) is 5.91 Å². The van der Waals surface area contributed by atoms with Crippen molar-refractivity contribution >= 4 is 5.91 Å². The predicted molar refractivity (Wildman–Crippen MR) is 61.5 cm³/mol. The van der Waals surface area contributed by atoms with Crippen molar-refractivity contribution in [2.24, 2.45) is 0 Å². The van der Waals surface area contributed by atoms with Crippen molar-refractivity contribution < 1.29 is 9.18 Å². The molecule has 0 aliphatic carbocycles. The number of aryl methyl sites for hydroxylation is 1. The van der Waals surface area contributed by atoms with Crippen LogP contribution in [-0.4, -0.2) is 11.4 Å². The highest BCUT2D eigenvalue weighted by Crippen LogP contribution is 2.11. The zero-order chi connectivity index (χ0) is 12.3. The Morgan fingerprint density at radius 3 is 2.62 bits per heavy atom. The van der Waals surface area contributed by atoms with Gasteiger partial charge in [-0.2, -0.15) is 0 Å². The molecule has 0 saturated carbocycles. The molecule has 1 aromatic carbocycles. The zero-order valence-electron chi connectivity index (χ0n) is 9.60. The van der Waals surface area contributed by atoms with Crippen molar-refractivity contribution in [1.82, 2.24) is 5.32 Å². The fourth-order valence-corrected chi connectivity index (χ4v) is 1.19. The van der Waals surface area contributed by atoms with Crippen LogP contribution in [0.5, 0.6) is 0 Å². The maximum atomic E-state index is 13.5. The second-order valence-electron chi connectivity index (χ2n) is 4.21. The van der Waals surface area contributed by atoms with E-state index < -0.39 is 17.3 Å². The number of carbonyl (C=O) groups excluding carboxylic acids is 1. The molecular weight excluding hydrogens is 205 g/mol. The lowest BCUT2D eigenvalue weighted by atomic mass is 10.1. The first-order valence-corrected chi connectivity index (χ1v) is 4.92. The maximum absolute atomic E-state index is 13.5. The average molecular weight is 219 g/mol. The topological polar surface area (TPSA) is 29.1 Å². The molecule has 0 saturated heterocycles. The Balaban J connectivity index is 2.95. The summed E-state index contributed by atoms with van der Waals surface area (Å²) in [5.41, 5.74) is -0.00630. The average Bonchev–Trinajstić information content (AvgIpc) is 2.16. The maximum Gasteiger partial charge on any atom is 0.255 e. The number of amides is 1. The second-order valence-corrected chi connectivity index (χ2v) is 4.21. The van der Waals surface area contributed by atoms with Gasteiger partial charge in [0, 0.05) is 0 Å². The summed E-state index contributed by atoms with van der Waals surface area (Å²) < 4.78 is 13.5. The van der Waals surface area contributed by atoms with Gasteiger partial charge < -0.3 is 5.32 Å². The first-order chi connectivity index (χ1) is 7.35. The van der Waals surface area contributed by atoms with E-state index in [2.05, 4.69) is 11.2 Å². The van der Waals surface area contributed by atoms with E-state index >= 15 is 0 Å². The zero-order valence-corrected chi connectivity index (χ0v) is 9.60. The highest BCUT2D eigenvalue weighted by molar-refractivity contribution is 5.95. The summed E-state index contributed by atoms with van der Waals surface area (Å²) in [5, 5.41) is 2.57. The monoisotopic (exact) mass is 219 g/mol. The lowest BCUT2D eigenvalue weighted by Gasteiger charge is -2.19. The summed E-state index contributed by atoms with van der Waals surface area (Å²) in [7, 11) is 0. The molecule has 0 spiro atoms. The van der Waals surface area contributed by atoms with Crippen molar-refractivity contribution in [2.45, 2.75) is 26.3 Å². The van der Waals surface area contributed by atoms with Crippen LogP contribution in [0.3, 0.4) is 0 Å². The molecular formula is C13H14FNO. The third-order valence-electron chi connectivity index (χ3n) is 2.16. The molecule has 0 bridgehead atoms. The van der Waals surface area contributed by atoms with Crippen molar-refractivity contribution in [1.29, 1.82) is 0 Å². The highest BCUT2D eigenvalue weighted by atomic mass is 19.1. The summed E-state index contributed by atoms with van der Waals surface area (Å²) in [6.45, 7) is 5.12. The van der Waals surface area contributed by atoms with Crippen molar-refractivity contribution in [3.63, 3.8) is 0 Å². The molecule has 0 fully saturated rings. The molecule has 84 valence electrons. The number of nitrogens with one attached hydrogen (secondary N) is 1. The van der Waals surface area contributed by atoms with Crippen LogP contribution in [-0.2, 0) is 0 Å². The molecule has 2 nitrogen and oxygen atoms in total. The fraction of sp³-hybridized carbons (Fsp3) is 0.308. The summed E-state index contributed by atoms with van der Waals surface area (Å²) in [6.07, 6.45) is 5.24. The summed E-state index contributed by atoms with van der Waals surface area (Å²) in [6, 6.07) is 4.45. The Bertz CT molecular complexity index is 457. The summed E-state index contributed by atoms with van der Waals surface area (Å²) in [5.74, 6) is 1.38. The number of hydrogen-bond acceptors (Lipinski definition) is 1. The number of terminal acetylenes is 1. The van der Waals surface area contributed by atoms with Crippen LogP contribution >= 0.6 is 0 Å². The lowest BCUT2D eigenvalue weighted by molar-refractivity contribution is 0.0926. The van der Waals surface area contributed by atoms with Gasteiger partial charge in [0.15, 0.2) is 0 Å². The summed E-state index contributed by atoms with van der Waals surface area (Å²) in [4.78, 5) is 11.7. The van der Waals surface area contributed by atoms with Crippen molar-refractivity contribution in [3.05, 3.63) is 35.1 Å². The van der Waals surface area contributed by atoms with Crippen LogP contribution in [0.4, 0.5) is 4.39 Å². The minimum Gasteiger partial charge on any atom is -0.336 e. The summed E-state index contributed by atoms with van der Waals surface area (Å²) >= 11 is 0. The van der Waals surface area contributed by atoms with Crippen molar-refractivity contribution in [2.75, 3.05) is 0 Å². The Hall–Kier alpha value is -1.82. The number of halogens is 1. The van der Waals surface area contributed by atoms with E-state index in [1.54, 1.807) is 26.8 Å². The van der Waals surface area contributed by atoms with Gasteiger partial charge >= 0.3 is 0 Å². The van der Waals surface area contributed by atoms with E-state index in [0.717, 1.165) is 5.56 Å². The van der Waals surface area contributed by atoms with Gasteiger partial charge in [0.2, 0.25) is 0 Å². The molecule has 0 atom stereocenters. The molecule has 0 radical (unpaired) electrons. The van der Waals surface area contributed by atoms with Gasteiger partial charge in [-0.05, 0) is 38.5 Å². The molecule has 1 rings (SSSR count). The largest absolute Gasteiger partial charge is 0.336 e. The lowest BCUT2D eigenvalue weighted by Crippen LogP contribution is -2.42. The van der Waals surface area contributed by atoms with Crippen LogP contribution in [0.2, 0.25) is 0 Å². The first-order valence-electron chi connectivity index (χ1n) is 4.92. The van der Waals surface area contributed by atoms with E-state index in [9.17, 15) is 9.18 Å².